The van der Waals surface area contributed by atoms with Gasteiger partial charge in [-0.05, 0) is 38.9 Å². The van der Waals surface area contributed by atoms with Crippen LogP contribution in [-0.4, -0.2) is 42.5 Å². The van der Waals surface area contributed by atoms with Crippen LogP contribution in [0, 0.1) is 0 Å². The van der Waals surface area contributed by atoms with E-state index >= 15 is 0 Å². The van der Waals surface area contributed by atoms with Gasteiger partial charge in [0, 0.05) is 29.4 Å². The van der Waals surface area contributed by atoms with Crippen LogP contribution in [0.5, 0.6) is 0 Å². The molecule has 2 aromatic rings. The van der Waals surface area contributed by atoms with Crippen LogP contribution in [0.2, 0.25) is 0 Å². The normalized spacial score (nSPS) is 22.8. The largest absolute Gasteiger partial charge is 0.335 e. The number of amides is 3. The number of hydrogen-bond donors (Lipinski definition) is 2. The third kappa shape index (κ3) is 2.97. The first-order valence-electron chi connectivity index (χ1n) is 8.82. The minimum Gasteiger partial charge on any atom is -0.335 e. The second-order valence-corrected chi connectivity index (χ2v) is 7.72. The smallest absolute Gasteiger partial charge is 0.326 e. The van der Waals surface area contributed by atoms with Crippen molar-refractivity contribution in [2.75, 3.05) is 23.8 Å². The Balaban J connectivity index is 1.66. The van der Waals surface area contributed by atoms with Crippen LogP contribution in [-0.2, 0) is 0 Å². The summed E-state index contributed by atoms with van der Waals surface area (Å²) in [6.07, 6.45) is 1.85. The van der Waals surface area contributed by atoms with E-state index in [0.29, 0.717) is 28.7 Å². The highest BCUT2D eigenvalue weighted by molar-refractivity contribution is 7.08. The first-order chi connectivity index (χ1) is 12.5. The van der Waals surface area contributed by atoms with Crippen LogP contribution in [0.1, 0.15) is 30.1 Å². The number of likely N-dealkylation sites (tertiary alicyclic amines) is 1. The molecule has 0 radical (unpaired) electrons. The molecule has 3 amide bonds. The predicted molar refractivity (Wildman–Crippen MR) is 104 cm³/mol. The van der Waals surface area contributed by atoms with E-state index in [1.54, 1.807) is 10.3 Å². The van der Waals surface area contributed by atoms with Crippen molar-refractivity contribution in [1.29, 1.82) is 0 Å². The maximum Gasteiger partial charge on any atom is 0.326 e. The molecule has 26 heavy (non-hydrogen) atoms. The Morgan fingerprint density at radius 1 is 1.27 bits per heavy atom. The number of thiophene rings is 1. The molecule has 0 saturated carbocycles. The van der Waals surface area contributed by atoms with Crippen LogP contribution in [0.15, 0.2) is 35.0 Å². The topological polar surface area (TPSA) is 64.7 Å². The average molecular weight is 370 g/mol. The fraction of sp³-hybridized carbons (Fsp3) is 0.368. The number of nitrogens with one attached hydrogen (secondary N) is 2. The summed E-state index contributed by atoms with van der Waals surface area (Å²) in [7, 11) is 2.11. The predicted octanol–water partition coefficient (Wildman–Crippen LogP) is 3.64. The zero-order valence-corrected chi connectivity index (χ0v) is 15.7. The van der Waals surface area contributed by atoms with Crippen molar-refractivity contribution < 1.29 is 9.59 Å². The number of nitrogens with zero attached hydrogens (tertiary/aromatic N) is 2. The second kappa shape index (κ2) is 6.74. The summed E-state index contributed by atoms with van der Waals surface area (Å²) in [6.45, 7) is 3.14. The Morgan fingerprint density at radius 2 is 2.08 bits per heavy atom. The van der Waals surface area contributed by atoms with Gasteiger partial charge in [0.1, 0.15) is 0 Å². The van der Waals surface area contributed by atoms with Gasteiger partial charge >= 0.3 is 6.03 Å². The van der Waals surface area contributed by atoms with Crippen molar-refractivity contribution in [3.05, 3.63) is 40.6 Å². The summed E-state index contributed by atoms with van der Waals surface area (Å²) >= 11 is 1.42. The molecule has 0 bridgehead atoms. The SMILES string of the molecule is C[C@H]1C[C@@H](NC(=O)N2c3ccccc3NC(=O)c3cscc32)CCN1C. The molecule has 7 heteroatoms. The van der Waals surface area contributed by atoms with Gasteiger partial charge in [-0.15, -0.1) is 11.3 Å². The molecule has 1 saturated heterocycles. The van der Waals surface area contributed by atoms with E-state index in [2.05, 4.69) is 29.5 Å². The molecular weight excluding hydrogens is 348 g/mol. The molecule has 2 atom stereocenters. The van der Waals surface area contributed by atoms with Crippen LogP contribution in [0.25, 0.3) is 0 Å². The molecule has 136 valence electrons. The molecule has 0 unspecified atom stereocenters. The van der Waals surface area contributed by atoms with Crippen molar-refractivity contribution in [2.45, 2.75) is 31.8 Å². The first-order valence-corrected chi connectivity index (χ1v) is 9.76. The number of para-hydroxylation sites is 2. The summed E-state index contributed by atoms with van der Waals surface area (Å²) in [5, 5.41) is 9.73. The Kier molecular flexibility index (Phi) is 4.42. The third-order valence-corrected chi connectivity index (χ3v) is 5.99. The summed E-state index contributed by atoms with van der Waals surface area (Å²) in [6, 6.07) is 7.79. The van der Waals surface area contributed by atoms with Gasteiger partial charge in [-0.2, -0.15) is 0 Å². The molecule has 1 aromatic carbocycles. The Hall–Kier alpha value is -2.38. The van der Waals surface area contributed by atoms with Gasteiger partial charge in [0.2, 0.25) is 0 Å². The number of carbonyl (C=O) groups is 2. The van der Waals surface area contributed by atoms with Crippen molar-refractivity contribution in [3.63, 3.8) is 0 Å². The van der Waals surface area contributed by atoms with Gasteiger partial charge < -0.3 is 15.5 Å². The summed E-state index contributed by atoms with van der Waals surface area (Å²) in [5.41, 5.74) is 2.50. The van der Waals surface area contributed by atoms with Crippen LogP contribution in [0.4, 0.5) is 21.9 Å². The fourth-order valence-corrected chi connectivity index (χ4v) is 4.40. The highest BCUT2D eigenvalue weighted by Gasteiger charge is 2.32. The number of carbonyl (C=O) groups excluding carboxylic acids is 2. The number of rotatable bonds is 1. The molecule has 0 aliphatic carbocycles. The summed E-state index contributed by atoms with van der Waals surface area (Å²) < 4.78 is 0. The van der Waals surface area contributed by atoms with E-state index in [1.165, 1.54) is 11.3 Å². The standard InChI is InChI=1S/C19H22N4O2S/c1-12-9-13(7-8-22(12)2)20-19(25)23-16-6-4-3-5-15(16)21-18(24)14-10-26-11-17(14)23/h3-6,10-13H,7-9H2,1-2H3,(H,20,25)(H,21,24)/t12-,13-/m0/s1. The summed E-state index contributed by atoms with van der Waals surface area (Å²) in [4.78, 5) is 29.6. The lowest BCUT2D eigenvalue weighted by molar-refractivity contribution is 0.102. The Labute approximate surface area is 156 Å². The molecule has 4 rings (SSSR count). The first kappa shape index (κ1) is 17.1. The van der Waals surface area contributed by atoms with Crippen LogP contribution >= 0.6 is 11.3 Å². The summed E-state index contributed by atoms with van der Waals surface area (Å²) in [5.74, 6) is -0.183. The monoisotopic (exact) mass is 370 g/mol. The molecule has 2 aliphatic heterocycles. The fourth-order valence-electron chi connectivity index (χ4n) is 3.61. The number of urea groups is 1. The third-order valence-electron chi connectivity index (χ3n) is 5.26. The van der Waals surface area contributed by atoms with Gasteiger partial charge in [0.15, 0.2) is 0 Å². The molecule has 0 spiro atoms. The zero-order chi connectivity index (χ0) is 18.3. The number of benzene rings is 1. The van der Waals surface area contributed by atoms with Crippen LogP contribution < -0.4 is 15.5 Å². The molecular formula is C19H22N4O2S. The maximum absolute atomic E-state index is 13.2. The van der Waals surface area contributed by atoms with E-state index in [9.17, 15) is 9.59 Å². The van der Waals surface area contributed by atoms with E-state index in [4.69, 9.17) is 0 Å². The van der Waals surface area contributed by atoms with Gasteiger partial charge in [-0.25, -0.2) is 4.79 Å². The molecule has 1 aromatic heterocycles. The van der Waals surface area contributed by atoms with E-state index in [0.717, 1.165) is 19.4 Å². The van der Waals surface area contributed by atoms with E-state index < -0.39 is 0 Å². The lowest BCUT2D eigenvalue weighted by atomic mass is 9.99. The Bertz CT molecular complexity index is 850. The lowest BCUT2D eigenvalue weighted by Gasteiger charge is -2.36. The number of fused-ring (bicyclic) bond motifs is 2. The van der Waals surface area contributed by atoms with Crippen molar-refractivity contribution in [2.24, 2.45) is 0 Å². The molecule has 6 nitrogen and oxygen atoms in total. The van der Waals surface area contributed by atoms with Crippen molar-refractivity contribution in [3.8, 4) is 0 Å². The molecule has 2 N–H and O–H groups in total. The highest BCUT2D eigenvalue weighted by Crippen LogP contribution is 2.39. The van der Waals surface area contributed by atoms with Gasteiger partial charge in [0.25, 0.3) is 5.91 Å². The maximum atomic E-state index is 13.2. The Morgan fingerprint density at radius 3 is 2.88 bits per heavy atom. The van der Waals surface area contributed by atoms with Crippen molar-refractivity contribution >= 4 is 40.3 Å². The van der Waals surface area contributed by atoms with Gasteiger partial charge in [-0.3, -0.25) is 9.69 Å². The van der Waals surface area contributed by atoms with Gasteiger partial charge in [0.05, 0.1) is 22.6 Å². The zero-order valence-electron chi connectivity index (χ0n) is 14.9. The van der Waals surface area contributed by atoms with Gasteiger partial charge in [-0.1, -0.05) is 12.1 Å². The minimum atomic E-state index is -0.185. The lowest BCUT2D eigenvalue weighted by Crippen LogP contribution is -2.50. The minimum absolute atomic E-state index is 0.134. The van der Waals surface area contributed by atoms with Crippen LogP contribution in [0.3, 0.4) is 0 Å². The second-order valence-electron chi connectivity index (χ2n) is 6.98. The quantitative estimate of drug-likeness (QED) is 0.805. The highest BCUT2D eigenvalue weighted by atomic mass is 32.1. The van der Waals surface area contributed by atoms with E-state index in [-0.39, 0.29) is 18.0 Å². The molecule has 1 fully saturated rings. The molecule has 3 heterocycles. The number of piperidine rings is 1. The number of anilines is 3. The van der Waals surface area contributed by atoms with Crippen molar-refractivity contribution in [1.82, 2.24) is 10.2 Å². The number of hydrogen-bond acceptors (Lipinski definition) is 4. The van der Waals surface area contributed by atoms with E-state index in [1.807, 2.05) is 29.6 Å². The average Bonchev–Trinajstić information content (AvgIpc) is 3.05. The molecule has 2 aliphatic rings.